The van der Waals surface area contributed by atoms with Crippen molar-refractivity contribution in [3.05, 3.63) is 41.5 Å². The molecule has 0 aliphatic carbocycles. The number of hydrogen-bond donors (Lipinski definition) is 2. The van der Waals surface area contributed by atoms with Gasteiger partial charge >= 0.3 is 0 Å². The van der Waals surface area contributed by atoms with Gasteiger partial charge in [0.15, 0.2) is 0 Å². The van der Waals surface area contributed by atoms with E-state index in [4.69, 9.17) is 20.9 Å². The molecule has 0 saturated heterocycles. The molecule has 4 N–H and O–H groups in total. The predicted octanol–water partition coefficient (Wildman–Crippen LogP) is 3.76. The molecule has 1 aromatic heterocycles. The number of rotatable bonds is 10. The summed E-state index contributed by atoms with van der Waals surface area (Å²) >= 11 is 0. The molecule has 0 spiro atoms. The van der Waals surface area contributed by atoms with Gasteiger partial charge in [-0.05, 0) is 5.56 Å². The monoisotopic (exact) mass is 406 g/mol. The van der Waals surface area contributed by atoms with Crippen LogP contribution in [0.3, 0.4) is 0 Å². The van der Waals surface area contributed by atoms with E-state index in [1.807, 2.05) is 58.0 Å². The zero-order valence-electron chi connectivity index (χ0n) is 17.1. The van der Waals surface area contributed by atoms with Crippen LogP contribution in [0.4, 0.5) is 11.8 Å². The van der Waals surface area contributed by atoms with Gasteiger partial charge in [-0.1, -0.05) is 58.0 Å². The van der Waals surface area contributed by atoms with Crippen molar-refractivity contribution in [1.29, 1.82) is 0 Å². The highest BCUT2D eigenvalue weighted by atomic mass is 31.2. The van der Waals surface area contributed by atoms with Crippen molar-refractivity contribution in [2.75, 3.05) is 31.0 Å². The van der Waals surface area contributed by atoms with E-state index >= 15 is 0 Å². The fourth-order valence-electron chi connectivity index (χ4n) is 2.88. The molecule has 28 heavy (non-hydrogen) atoms. The first-order valence-corrected chi connectivity index (χ1v) is 11.5. The summed E-state index contributed by atoms with van der Waals surface area (Å²) in [5, 5.41) is 0. The summed E-state index contributed by atoms with van der Waals surface area (Å²) in [5.74, 6) is 0.721. The Bertz CT molecular complexity index is 801. The maximum absolute atomic E-state index is 13.0. The van der Waals surface area contributed by atoms with Crippen LogP contribution in [0.5, 0.6) is 5.88 Å². The van der Waals surface area contributed by atoms with E-state index in [1.165, 1.54) is 0 Å². The summed E-state index contributed by atoms with van der Waals surface area (Å²) in [6, 6.07) is 9.86. The number of nitrogens with zero attached hydrogens (tertiary/aromatic N) is 2. The quantitative estimate of drug-likeness (QED) is 0.456. The Hall–Kier alpha value is -2.11. The zero-order chi connectivity index (χ0) is 20.7. The Morgan fingerprint density at radius 1 is 1.00 bits per heavy atom. The molecule has 1 heterocycles. The van der Waals surface area contributed by atoms with Crippen molar-refractivity contribution in [3.63, 3.8) is 0 Å². The topological polar surface area (TPSA) is 113 Å². The van der Waals surface area contributed by atoms with Crippen LogP contribution in [-0.4, -0.2) is 40.8 Å². The van der Waals surface area contributed by atoms with Gasteiger partial charge in [0.2, 0.25) is 11.8 Å². The van der Waals surface area contributed by atoms with Gasteiger partial charge in [0.1, 0.15) is 25.9 Å². The predicted molar refractivity (Wildman–Crippen MR) is 114 cm³/mol. The minimum atomic E-state index is -2.39. The minimum absolute atomic E-state index is 0.0642. The van der Waals surface area contributed by atoms with Crippen LogP contribution < -0.4 is 16.2 Å². The van der Waals surface area contributed by atoms with Crippen molar-refractivity contribution in [2.24, 2.45) is 0 Å². The summed E-state index contributed by atoms with van der Waals surface area (Å²) < 4.78 is 24.4. The number of ether oxygens (including phenoxy) is 2. The second-order valence-corrected chi connectivity index (χ2v) is 11.4. The highest BCUT2D eigenvalue weighted by Crippen LogP contribution is 2.54. The molecule has 7 nitrogen and oxygen atoms in total. The summed E-state index contributed by atoms with van der Waals surface area (Å²) in [4.78, 5) is 8.23. The van der Waals surface area contributed by atoms with Crippen molar-refractivity contribution in [1.82, 2.24) is 9.97 Å². The molecule has 0 amide bonds. The smallest absolute Gasteiger partial charge is 0.225 e. The molecule has 0 radical (unpaired) electrons. The number of nitrogen functional groups attached to an aromatic ring is 2. The van der Waals surface area contributed by atoms with E-state index in [0.717, 1.165) is 5.56 Å². The van der Waals surface area contributed by atoms with Crippen molar-refractivity contribution < 1.29 is 14.0 Å². The molecule has 0 unspecified atom stereocenters. The third kappa shape index (κ3) is 5.69. The molecule has 1 aromatic carbocycles. The van der Waals surface area contributed by atoms with Crippen molar-refractivity contribution in [3.8, 4) is 5.88 Å². The van der Waals surface area contributed by atoms with Crippen LogP contribution in [0, 0.1) is 0 Å². The molecule has 8 heteroatoms. The average Bonchev–Trinajstić information content (AvgIpc) is 2.64. The lowest BCUT2D eigenvalue weighted by Gasteiger charge is -2.25. The Kier molecular flexibility index (Phi) is 7.84. The minimum Gasteiger partial charge on any atom is -0.475 e. The summed E-state index contributed by atoms with van der Waals surface area (Å²) in [7, 11) is -2.39. The van der Waals surface area contributed by atoms with Crippen molar-refractivity contribution >= 4 is 18.9 Å². The fraction of sp³-hybridized carbons (Fsp3) is 0.500. The molecule has 0 saturated carbocycles. The Balaban J connectivity index is 1.99. The van der Waals surface area contributed by atoms with Crippen molar-refractivity contribution in [2.45, 2.75) is 45.4 Å². The van der Waals surface area contributed by atoms with Gasteiger partial charge in [0.05, 0.1) is 12.2 Å². The molecule has 0 fully saturated rings. The lowest BCUT2D eigenvalue weighted by molar-refractivity contribution is 0.127. The number of anilines is 2. The van der Waals surface area contributed by atoms with Gasteiger partial charge in [-0.25, -0.2) is 0 Å². The summed E-state index contributed by atoms with van der Waals surface area (Å²) in [6.07, 6.45) is 0.787. The van der Waals surface area contributed by atoms with Gasteiger partial charge in [0.25, 0.3) is 0 Å². The Labute approximate surface area is 167 Å². The highest BCUT2D eigenvalue weighted by Gasteiger charge is 2.30. The Morgan fingerprint density at radius 3 is 2.25 bits per heavy atom. The zero-order valence-corrected chi connectivity index (χ0v) is 18.0. The molecule has 0 aliphatic heterocycles. The van der Waals surface area contributed by atoms with Crippen LogP contribution in [0.15, 0.2) is 30.3 Å². The third-order valence-corrected chi connectivity index (χ3v) is 8.83. The molecular weight excluding hydrogens is 375 g/mol. The number of hydrogen-bond acceptors (Lipinski definition) is 7. The lowest BCUT2D eigenvalue weighted by Crippen LogP contribution is -2.17. The van der Waals surface area contributed by atoms with Crippen LogP contribution in [0.2, 0.25) is 0 Å². The van der Waals surface area contributed by atoms with E-state index in [2.05, 4.69) is 9.97 Å². The Morgan fingerprint density at radius 2 is 1.64 bits per heavy atom. The number of nitrogens with two attached hydrogens (primary N) is 2. The van der Waals surface area contributed by atoms with Gasteiger partial charge in [-0.15, -0.1) is 0 Å². The van der Waals surface area contributed by atoms with Gasteiger partial charge < -0.3 is 25.5 Å². The molecule has 2 rings (SSSR count). The first-order chi connectivity index (χ1) is 13.2. The lowest BCUT2D eigenvalue weighted by atomic mass is 10.1. The van der Waals surface area contributed by atoms with Gasteiger partial charge in [0, 0.05) is 17.7 Å². The maximum Gasteiger partial charge on any atom is 0.225 e. The first-order valence-electron chi connectivity index (χ1n) is 9.48. The van der Waals surface area contributed by atoms with Gasteiger partial charge in [-0.3, -0.25) is 0 Å². The van der Waals surface area contributed by atoms with Gasteiger partial charge in [-0.2, -0.15) is 9.97 Å². The van der Waals surface area contributed by atoms with E-state index in [9.17, 15) is 4.57 Å². The van der Waals surface area contributed by atoms with E-state index in [1.54, 1.807) is 0 Å². The normalized spacial score (nSPS) is 11.9. The summed E-state index contributed by atoms with van der Waals surface area (Å²) in [5.41, 5.74) is 13.7. The number of benzene rings is 1. The maximum atomic E-state index is 13.0. The van der Waals surface area contributed by atoms with E-state index in [0.29, 0.717) is 30.3 Å². The number of aromatic nitrogens is 2. The van der Waals surface area contributed by atoms with Crippen LogP contribution in [0.25, 0.3) is 0 Å². The molecule has 0 aliphatic rings. The molecule has 2 aromatic rings. The standard InChI is InChI=1S/C20H31N4O3P/c1-14(2)28(25,15(3)4)13-26-10-11-27-19-17(18(21)23-20(22)24-19)12-16-8-6-5-7-9-16/h5-9,14-15H,10-13H2,1-4H3,(H4,21,22,23,24). The second kappa shape index (κ2) is 9.89. The van der Waals surface area contributed by atoms with E-state index in [-0.39, 0.29) is 30.2 Å². The highest BCUT2D eigenvalue weighted by molar-refractivity contribution is 7.65. The van der Waals surface area contributed by atoms with Crippen LogP contribution in [0.1, 0.15) is 38.8 Å². The van der Waals surface area contributed by atoms with Crippen LogP contribution in [-0.2, 0) is 15.7 Å². The summed E-state index contributed by atoms with van der Waals surface area (Å²) in [6.45, 7) is 8.46. The third-order valence-electron chi connectivity index (χ3n) is 4.75. The molecule has 0 bridgehead atoms. The first kappa shape index (κ1) is 22.2. The van der Waals surface area contributed by atoms with E-state index < -0.39 is 7.14 Å². The fourth-order valence-corrected chi connectivity index (χ4v) is 5.08. The SMILES string of the molecule is CC(C)P(=O)(COCCOc1nc(N)nc(N)c1Cc1ccccc1)C(C)C. The largest absolute Gasteiger partial charge is 0.475 e. The average molecular weight is 406 g/mol. The molecule has 154 valence electrons. The van der Waals surface area contributed by atoms with Crippen LogP contribution >= 0.6 is 7.14 Å². The molecular formula is C20H31N4O3P. The molecule has 0 atom stereocenters. The second-order valence-electron chi connectivity index (χ2n) is 7.34.